The molecule has 0 saturated heterocycles. The zero-order chi connectivity index (χ0) is 21.0. The van der Waals surface area contributed by atoms with E-state index in [0.29, 0.717) is 28.7 Å². The van der Waals surface area contributed by atoms with Gasteiger partial charge in [-0.25, -0.2) is 0 Å². The highest BCUT2D eigenvalue weighted by Crippen LogP contribution is 2.33. The molecule has 1 aromatic heterocycles. The van der Waals surface area contributed by atoms with Gasteiger partial charge in [-0.05, 0) is 69.9 Å². The number of carboxylic acids is 1. The van der Waals surface area contributed by atoms with Crippen molar-refractivity contribution in [1.82, 2.24) is 5.32 Å². The molecule has 0 atom stereocenters. The van der Waals surface area contributed by atoms with E-state index in [1.54, 1.807) is 36.4 Å². The molecule has 0 aliphatic heterocycles. The first-order chi connectivity index (χ1) is 13.9. The van der Waals surface area contributed by atoms with Crippen LogP contribution in [0.25, 0.3) is 11.0 Å². The maximum atomic E-state index is 13.3. The number of ketones is 1. The van der Waals surface area contributed by atoms with Gasteiger partial charge in [0.05, 0.1) is 12.7 Å². The smallest absolute Gasteiger partial charge is 0.311 e. The van der Waals surface area contributed by atoms with Crippen LogP contribution in [0.15, 0.2) is 40.8 Å². The zero-order valence-electron chi connectivity index (χ0n) is 15.6. The van der Waals surface area contributed by atoms with Crippen LogP contribution < -0.4 is 10.1 Å². The Morgan fingerprint density at radius 1 is 1.17 bits per heavy atom. The number of benzene rings is 2. The fourth-order valence-corrected chi connectivity index (χ4v) is 5.06. The van der Waals surface area contributed by atoms with E-state index in [0.717, 1.165) is 26.0 Å². The Morgan fingerprint density at radius 2 is 1.86 bits per heavy atom. The Balaban J connectivity index is 1.97. The average molecular weight is 619 g/mol. The van der Waals surface area contributed by atoms with Crippen LogP contribution in [0.2, 0.25) is 0 Å². The van der Waals surface area contributed by atoms with Gasteiger partial charge in [0.15, 0.2) is 5.78 Å². The number of halogens is 2. The van der Waals surface area contributed by atoms with Gasteiger partial charge in [-0.15, -0.1) is 0 Å². The lowest BCUT2D eigenvalue weighted by molar-refractivity contribution is -0.136. The molecule has 0 fully saturated rings. The van der Waals surface area contributed by atoms with Crippen molar-refractivity contribution in [3.63, 3.8) is 0 Å². The summed E-state index contributed by atoms with van der Waals surface area (Å²) in [4.78, 5) is 24.6. The maximum absolute atomic E-state index is 13.3. The standard InChI is InChI=1S/C21H19I2NO5/c1-2-24-7-8-28-21-14(22)9-12(10-15(21)23)20(27)19-13-5-3-4-6-16(13)29-17(19)11-18(25)26/h3-6,9-10,24H,2,7-8,11H2,1H3,(H,25,26). The highest BCUT2D eigenvalue weighted by atomic mass is 127. The third kappa shape index (κ3) is 5.10. The minimum atomic E-state index is -1.05. The summed E-state index contributed by atoms with van der Waals surface area (Å²) >= 11 is 4.30. The van der Waals surface area contributed by atoms with Crippen molar-refractivity contribution in [2.45, 2.75) is 13.3 Å². The van der Waals surface area contributed by atoms with Crippen molar-refractivity contribution in [3.05, 3.63) is 60.4 Å². The molecule has 0 aliphatic rings. The quantitative estimate of drug-likeness (QED) is 0.209. The minimum Gasteiger partial charge on any atom is -0.490 e. The lowest BCUT2D eigenvalue weighted by Gasteiger charge is -2.12. The summed E-state index contributed by atoms with van der Waals surface area (Å²) < 4.78 is 13.2. The highest BCUT2D eigenvalue weighted by Gasteiger charge is 2.24. The monoisotopic (exact) mass is 619 g/mol. The van der Waals surface area contributed by atoms with Crippen LogP contribution in [0, 0.1) is 7.14 Å². The van der Waals surface area contributed by atoms with Gasteiger partial charge in [-0.2, -0.15) is 0 Å². The van der Waals surface area contributed by atoms with E-state index >= 15 is 0 Å². The number of rotatable bonds is 9. The molecule has 1 heterocycles. The number of likely N-dealkylation sites (N-methyl/N-ethyl adjacent to an activating group) is 1. The normalized spacial score (nSPS) is 11.0. The lowest BCUT2D eigenvalue weighted by atomic mass is 9.99. The summed E-state index contributed by atoms with van der Waals surface area (Å²) in [6.07, 6.45) is -0.352. The number of carbonyl (C=O) groups excluding carboxylic acids is 1. The van der Waals surface area contributed by atoms with Crippen molar-refractivity contribution in [1.29, 1.82) is 0 Å². The molecular formula is C21H19I2NO5. The molecule has 3 aromatic rings. The molecule has 2 N–H and O–H groups in total. The summed E-state index contributed by atoms with van der Waals surface area (Å²) in [5.74, 6) is -0.406. The number of fused-ring (bicyclic) bond motifs is 1. The average Bonchev–Trinajstić information content (AvgIpc) is 3.03. The Hall–Kier alpha value is -1.66. The van der Waals surface area contributed by atoms with Gasteiger partial charge in [0.2, 0.25) is 0 Å². The molecule has 0 saturated carbocycles. The number of para-hydroxylation sites is 1. The largest absolute Gasteiger partial charge is 0.490 e. The van der Waals surface area contributed by atoms with E-state index in [-0.39, 0.29) is 18.0 Å². The van der Waals surface area contributed by atoms with E-state index in [1.165, 1.54) is 0 Å². The number of hydrogen-bond acceptors (Lipinski definition) is 5. The number of aliphatic carboxylic acids is 1. The van der Waals surface area contributed by atoms with Crippen LogP contribution >= 0.6 is 45.2 Å². The molecule has 8 heteroatoms. The third-order valence-corrected chi connectivity index (χ3v) is 5.85. The van der Waals surface area contributed by atoms with Crippen molar-refractivity contribution in [2.24, 2.45) is 0 Å². The SMILES string of the molecule is CCNCCOc1c(I)cc(C(=O)c2c(CC(=O)O)oc3ccccc23)cc1I. The molecule has 6 nitrogen and oxygen atoms in total. The molecule has 0 radical (unpaired) electrons. The molecule has 3 rings (SSSR count). The van der Waals surface area contributed by atoms with E-state index in [9.17, 15) is 14.7 Å². The minimum absolute atomic E-state index is 0.166. The maximum Gasteiger partial charge on any atom is 0.311 e. The number of carboxylic acid groups (broad SMARTS) is 1. The van der Waals surface area contributed by atoms with Crippen LogP contribution in [-0.4, -0.2) is 36.6 Å². The first kappa shape index (κ1) is 22.0. The van der Waals surface area contributed by atoms with Crippen LogP contribution in [0.3, 0.4) is 0 Å². The van der Waals surface area contributed by atoms with E-state index in [1.807, 2.05) is 6.92 Å². The van der Waals surface area contributed by atoms with Crippen LogP contribution in [0.1, 0.15) is 28.6 Å². The predicted molar refractivity (Wildman–Crippen MR) is 127 cm³/mol. The van der Waals surface area contributed by atoms with E-state index in [2.05, 4.69) is 50.5 Å². The zero-order valence-corrected chi connectivity index (χ0v) is 19.9. The fraction of sp³-hybridized carbons (Fsp3) is 0.238. The molecule has 2 aromatic carbocycles. The van der Waals surface area contributed by atoms with Gasteiger partial charge in [-0.1, -0.05) is 25.1 Å². The Labute approximate surface area is 195 Å². The molecule has 0 bridgehead atoms. The molecular weight excluding hydrogens is 600 g/mol. The first-order valence-corrected chi connectivity index (χ1v) is 11.2. The topological polar surface area (TPSA) is 88.8 Å². The molecule has 152 valence electrons. The van der Waals surface area contributed by atoms with Gasteiger partial charge in [0.25, 0.3) is 0 Å². The lowest BCUT2D eigenvalue weighted by Crippen LogP contribution is -2.20. The van der Waals surface area contributed by atoms with Crippen molar-refractivity contribution < 1.29 is 23.8 Å². The van der Waals surface area contributed by atoms with E-state index in [4.69, 9.17) is 9.15 Å². The number of nitrogens with one attached hydrogen (secondary N) is 1. The van der Waals surface area contributed by atoms with Crippen molar-refractivity contribution >= 4 is 67.9 Å². The molecule has 0 spiro atoms. The summed E-state index contributed by atoms with van der Waals surface area (Å²) in [5, 5.41) is 13.0. The molecule has 0 aliphatic carbocycles. The van der Waals surface area contributed by atoms with Gasteiger partial charge in [-0.3, -0.25) is 9.59 Å². The Kier molecular flexibility index (Phi) is 7.52. The molecule has 0 unspecified atom stereocenters. The number of carbonyl (C=O) groups is 2. The number of furan rings is 1. The van der Waals surface area contributed by atoms with Gasteiger partial charge >= 0.3 is 5.97 Å². The number of ether oxygens (including phenoxy) is 1. The second kappa shape index (κ2) is 9.90. The van der Waals surface area contributed by atoms with Crippen molar-refractivity contribution in [3.8, 4) is 5.75 Å². The summed E-state index contributed by atoms with van der Waals surface area (Å²) in [5.41, 5.74) is 1.27. The molecule has 29 heavy (non-hydrogen) atoms. The Bertz CT molecular complexity index is 1040. The summed E-state index contributed by atoms with van der Waals surface area (Å²) in [6.45, 7) is 4.18. The second-order valence-electron chi connectivity index (χ2n) is 6.27. The van der Waals surface area contributed by atoms with Crippen LogP contribution in [0.4, 0.5) is 0 Å². The first-order valence-electron chi connectivity index (χ1n) is 9.01. The molecule has 0 amide bonds. The van der Waals surface area contributed by atoms with Gasteiger partial charge < -0.3 is 19.6 Å². The third-order valence-electron chi connectivity index (χ3n) is 4.24. The fourth-order valence-electron chi connectivity index (χ4n) is 2.98. The second-order valence-corrected chi connectivity index (χ2v) is 8.59. The predicted octanol–water partition coefficient (Wildman–Crippen LogP) is 4.49. The Morgan fingerprint density at radius 3 is 2.52 bits per heavy atom. The highest BCUT2D eigenvalue weighted by molar-refractivity contribution is 14.1. The summed E-state index contributed by atoms with van der Waals surface area (Å²) in [6, 6.07) is 10.6. The van der Waals surface area contributed by atoms with E-state index < -0.39 is 5.97 Å². The van der Waals surface area contributed by atoms with Gasteiger partial charge in [0.1, 0.15) is 30.1 Å². The van der Waals surface area contributed by atoms with Gasteiger partial charge in [0, 0.05) is 17.5 Å². The van der Waals surface area contributed by atoms with Crippen molar-refractivity contribution in [2.75, 3.05) is 19.7 Å². The number of hydrogen-bond donors (Lipinski definition) is 2. The van der Waals surface area contributed by atoms with Crippen LogP contribution in [0.5, 0.6) is 5.75 Å². The summed E-state index contributed by atoms with van der Waals surface area (Å²) in [7, 11) is 0. The van der Waals surface area contributed by atoms with Crippen LogP contribution in [-0.2, 0) is 11.2 Å².